The molecule has 0 N–H and O–H groups in total. The summed E-state index contributed by atoms with van der Waals surface area (Å²) in [6.45, 7) is 8.35. The second-order valence-electron chi connectivity index (χ2n) is 2.97. The minimum atomic E-state index is -0.790. The molecule has 0 amide bonds. The molecule has 2 heteroatoms. The molecule has 3 unspecified atom stereocenters. The van der Waals surface area contributed by atoms with E-state index in [-0.39, 0.29) is 12.0 Å². The lowest BCUT2D eigenvalue weighted by atomic mass is 10.00. The van der Waals surface area contributed by atoms with Crippen LogP contribution in [0.3, 0.4) is 0 Å². The summed E-state index contributed by atoms with van der Waals surface area (Å²) in [5, 5.41) is 0. The maximum Gasteiger partial charge on any atom is 0.229 e. The van der Waals surface area contributed by atoms with E-state index in [2.05, 4.69) is 4.85 Å². The normalized spacial score (nSPS) is 35.3. The minimum Gasteiger partial charge on any atom is -0.313 e. The van der Waals surface area contributed by atoms with Gasteiger partial charge in [0.15, 0.2) is 0 Å². The van der Waals surface area contributed by atoms with Crippen LogP contribution in [0.4, 0.5) is 4.39 Å². The Morgan fingerprint density at radius 3 is 2.70 bits per heavy atom. The minimum absolute atomic E-state index is 0.0255. The zero-order chi connectivity index (χ0) is 7.56. The third-order valence-corrected chi connectivity index (χ3v) is 2.29. The molecule has 1 aliphatic carbocycles. The number of rotatable bonds is 1. The van der Waals surface area contributed by atoms with Gasteiger partial charge < -0.3 is 4.85 Å². The third-order valence-electron chi connectivity index (χ3n) is 2.29. The summed E-state index contributed by atoms with van der Waals surface area (Å²) in [6.07, 6.45) is 2.06. The van der Waals surface area contributed by atoms with Crippen LogP contribution in [-0.2, 0) is 0 Å². The van der Waals surface area contributed by atoms with E-state index >= 15 is 0 Å². The van der Waals surface area contributed by atoms with Crippen molar-refractivity contribution in [2.75, 3.05) is 0 Å². The molecular weight excluding hydrogens is 129 g/mol. The second kappa shape index (κ2) is 3.01. The van der Waals surface area contributed by atoms with E-state index in [1.165, 1.54) is 0 Å². The van der Waals surface area contributed by atoms with Crippen LogP contribution in [0.5, 0.6) is 0 Å². The lowest BCUT2D eigenvalue weighted by Crippen LogP contribution is -2.18. The Balaban J connectivity index is 2.52. The molecule has 1 rings (SSSR count). The number of halogens is 1. The van der Waals surface area contributed by atoms with Crippen LogP contribution < -0.4 is 0 Å². The Bertz CT molecular complexity index is 148. The Hall–Kier alpha value is -0.580. The van der Waals surface area contributed by atoms with E-state index in [0.29, 0.717) is 0 Å². The predicted molar refractivity (Wildman–Crippen MR) is 38.3 cm³/mol. The highest BCUT2D eigenvalue weighted by Gasteiger charge is 2.35. The average molecular weight is 141 g/mol. The summed E-state index contributed by atoms with van der Waals surface area (Å²) >= 11 is 0. The van der Waals surface area contributed by atoms with Crippen molar-refractivity contribution in [3.63, 3.8) is 0 Å². The number of alkyl halides is 1. The van der Waals surface area contributed by atoms with Crippen molar-refractivity contribution in [2.24, 2.45) is 5.92 Å². The van der Waals surface area contributed by atoms with Crippen LogP contribution >= 0.6 is 0 Å². The molecule has 1 fully saturated rings. The van der Waals surface area contributed by atoms with Gasteiger partial charge >= 0.3 is 0 Å². The smallest absolute Gasteiger partial charge is 0.229 e. The van der Waals surface area contributed by atoms with E-state index in [1.807, 2.05) is 0 Å². The molecule has 1 nitrogen and oxygen atoms in total. The molecule has 0 aromatic carbocycles. The fraction of sp³-hybridized carbons (Fsp3) is 0.875. The summed E-state index contributed by atoms with van der Waals surface area (Å²) in [4.78, 5) is 3.40. The van der Waals surface area contributed by atoms with Gasteiger partial charge in [0.25, 0.3) is 0 Å². The molecule has 0 radical (unpaired) electrons. The molecule has 1 aliphatic rings. The highest BCUT2D eigenvalue weighted by Crippen LogP contribution is 2.31. The molecular formula is C8H12FN. The summed E-state index contributed by atoms with van der Waals surface area (Å²) < 4.78 is 12.7. The molecule has 0 saturated heterocycles. The summed E-state index contributed by atoms with van der Waals surface area (Å²) in [7, 11) is 0. The molecule has 0 heterocycles. The van der Waals surface area contributed by atoms with Crippen LogP contribution in [0.25, 0.3) is 4.85 Å². The first-order chi connectivity index (χ1) is 4.75. The monoisotopic (exact) mass is 141 g/mol. The quantitative estimate of drug-likeness (QED) is 0.494. The maximum absolute atomic E-state index is 12.7. The Morgan fingerprint density at radius 2 is 2.30 bits per heavy atom. The van der Waals surface area contributed by atoms with Crippen LogP contribution in [0.2, 0.25) is 0 Å². The first-order valence-electron chi connectivity index (χ1n) is 3.76. The SMILES string of the molecule is [C-]#[N+]C1CCCC1C(C)F. The number of nitrogens with zero attached hydrogens (tertiary/aromatic N) is 1. The number of hydrogen-bond donors (Lipinski definition) is 0. The van der Waals surface area contributed by atoms with E-state index in [4.69, 9.17) is 6.57 Å². The zero-order valence-corrected chi connectivity index (χ0v) is 6.18. The molecule has 1 saturated carbocycles. The summed E-state index contributed by atoms with van der Waals surface area (Å²) in [5.41, 5.74) is 0. The van der Waals surface area contributed by atoms with Crippen molar-refractivity contribution < 1.29 is 4.39 Å². The van der Waals surface area contributed by atoms with Crippen molar-refractivity contribution in [3.05, 3.63) is 11.4 Å². The highest BCUT2D eigenvalue weighted by molar-refractivity contribution is 4.93. The van der Waals surface area contributed by atoms with Crippen LogP contribution in [0.1, 0.15) is 26.2 Å². The van der Waals surface area contributed by atoms with E-state index < -0.39 is 6.17 Å². The molecule has 0 bridgehead atoms. The topological polar surface area (TPSA) is 4.36 Å². The van der Waals surface area contributed by atoms with Gasteiger partial charge in [0.1, 0.15) is 6.17 Å². The predicted octanol–water partition coefficient (Wildman–Crippen LogP) is 2.43. The molecule has 0 aromatic rings. The Morgan fingerprint density at radius 1 is 1.60 bits per heavy atom. The van der Waals surface area contributed by atoms with Crippen molar-refractivity contribution in [2.45, 2.75) is 38.4 Å². The molecule has 56 valence electrons. The van der Waals surface area contributed by atoms with Crippen molar-refractivity contribution in [3.8, 4) is 0 Å². The van der Waals surface area contributed by atoms with Crippen LogP contribution in [-0.4, -0.2) is 12.2 Å². The van der Waals surface area contributed by atoms with Gasteiger partial charge in [-0.15, -0.1) is 0 Å². The Kier molecular flexibility index (Phi) is 2.26. The van der Waals surface area contributed by atoms with Gasteiger partial charge in [0, 0.05) is 6.42 Å². The second-order valence-corrected chi connectivity index (χ2v) is 2.97. The molecule has 10 heavy (non-hydrogen) atoms. The van der Waals surface area contributed by atoms with Crippen molar-refractivity contribution >= 4 is 0 Å². The first-order valence-corrected chi connectivity index (χ1v) is 3.76. The van der Waals surface area contributed by atoms with Crippen molar-refractivity contribution in [1.82, 2.24) is 0 Å². The lowest BCUT2D eigenvalue weighted by molar-refractivity contribution is 0.247. The zero-order valence-electron chi connectivity index (χ0n) is 6.18. The summed E-state index contributed by atoms with van der Waals surface area (Å²) in [5.74, 6) is 0.0255. The van der Waals surface area contributed by atoms with Crippen LogP contribution in [0.15, 0.2) is 0 Å². The lowest BCUT2D eigenvalue weighted by Gasteiger charge is -2.09. The van der Waals surface area contributed by atoms with Gasteiger partial charge in [-0.05, 0) is 19.8 Å². The van der Waals surface area contributed by atoms with E-state index in [1.54, 1.807) is 6.92 Å². The molecule has 0 aliphatic heterocycles. The number of hydrogen-bond acceptors (Lipinski definition) is 0. The van der Waals surface area contributed by atoms with Gasteiger partial charge in [-0.3, -0.25) is 0 Å². The molecule has 3 atom stereocenters. The Labute approximate surface area is 61.1 Å². The fourth-order valence-electron chi connectivity index (χ4n) is 1.67. The van der Waals surface area contributed by atoms with Gasteiger partial charge in [0.05, 0.1) is 5.92 Å². The molecule has 0 spiro atoms. The van der Waals surface area contributed by atoms with Gasteiger partial charge in [-0.1, -0.05) is 0 Å². The van der Waals surface area contributed by atoms with E-state index in [0.717, 1.165) is 19.3 Å². The van der Waals surface area contributed by atoms with Crippen LogP contribution in [0, 0.1) is 12.5 Å². The van der Waals surface area contributed by atoms with Gasteiger partial charge in [0.2, 0.25) is 6.04 Å². The average Bonchev–Trinajstić information content (AvgIpc) is 2.33. The van der Waals surface area contributed by atoms with Gasteiger partial charge in [-0.2, -0.15) is 0 Å². The fourth-order valence-corrected chi connectivity index (χ4v) is 1.67. The standard InChI is InChI=1S/C8H12FN/c1-6(9)7-4-3-5-8(7)10-2/h6-8H,3-5H2,1H3. The van der Waals surface area contributed by atoms with Crippen molar-refractivity contribution in [1.29, 1.82) is 0 Å². The first kappa shape index (κ1) is 7.53. The highest BCUT2D eigenvalue weighted by atomic mass is 19.1. The summed E-state index contributed by atoms with van der Waals surface area (Å²) in [6, 6.07) is -0.0278. The van der Waals surface area contributed by atoms with E-state index in [9.17, 15) is 4.39 Å². The molecule has 0 aromatic heterocycles. The van der Waals surface area contributed by atoms with Gasteiger partial charge in [-0.25, -0.2) is 11.0 Å². The largest absolute Gasteiger partial charge is 0.313 e. The maximum atomic E-state index is 12.7. The third kappa shape index (κ3) is 1.29.